The molecule has 2 N–H and O–H groups in total. The highest BCUT2D eigenvalue weighted by atomic mass is 32.2. The fourth-order valence-corrected chi connectivity index (χ4v) is 11.8. The Morgan fingerprint density at radius 1 is 0.953 bits per heavy atom. The Hall–Kier alpha value is -4.49. The number of aliphatic hydroxyl groups is 2. The van der Waals surface area contributed by atoms with Crippen LogP contribution in [0.3, 0.4) is 0 Å². The fourth-order valence-electron chi connectivity index (χ4n) is 11.1. The SMILES string of the molecule is C=CCO[C@@]12Oc3ccc(OCCSc4ccccc4)cc3[C@H]3[C@H](CCCCO)[C@@H](CCCCO)C=C(C(=NOC)C[C@@H]1N(Cc1ccc4c(c1)OCO4)C(=O)CCC1CCCC1)[C@H]32. The maximum Gasteiger partial charge on any atom is 0.239 e. The Labute approximate surface area is 383 Å². The normalized spacial score (nSPS) is 25.0. The first-order valence-corrected chi connectivity index (χ1v) is 24.5. The predicted molar refractivity (Wildman–Crippen MR) is 249 cm³/mol. The minimum Gasteiger partial charge on any atom is -0.493 e. The molecule has 11 nitrogen and oxygen atoms in total. The largest absolute Gasteiger partial charge is 0.493 e. The van der Waals surface area contributed by atoms with E-state index in [2.05, 4.69) is 30.9 Å². The van der Waals surface area contributed by atoms with Gasteiger partial charge in [-0.25, -0.2) is 0 Å². The lowest BCUT2D eigenvalue weighted by Gasteiger charge is -2.60. The highest BCUT2D eigenvalue weighted by molar-refractivity contribution is 7.99. The number of fused-ring (bicyclic) bond motifs is 3. The number of thioether (sulfide) groups is 1. The maximum absolute atomic E-state index is 15.2. The van der Waals surface area contributed by atoms with Gasteiger partial charge in [0, 0.05) is 54.7 Å². The van der Waals surface area contributed by atoms with E-state index in [1.54, 1.807) is 24.9 Å². The summed E-state index contributed by atoms with van der Waals surface area (Å²) in [4.78, 5) is 24.1. The van der Waals surface area contributed by atoms with Gasteiger partial charge in [-0.2, -0.15) is 0 Å². The lowest BCUT2D eigenvalue weighted by molar-refractivity contribution is -0.258. The Morgan fingerprint density at radius 2 is 1.73 bits per heavy atom. The van der Waals surface area contributed by atoms with Crippen molar-refractivity contribution >= 4 is 23.4 Å². The molecule has 12 heteroatoms. The minimum absolute atomic E-state index is 0.0422. The summed E-state index contributed by atoms with van der Waals surface area (Å²) in [7, 11) is 1.58. The number of amides is 1. The van der Waals surface area contributed by atoms with Gasteiger partial charge in [-0.05, 0) is 103 Å². The van der Waals surface area contributed by atoms with Crippen molar-refractivity contribution < 1.29 is 43.5 Å². The molecule has 6 atom stereocenters. The van der Waals surface area contributed by atoms with Crippen LogP contribution < -0.4 is 18.9 Å². The Bertz CT molecular complexity index is 2090. The third-order valence-corrected chi connectivity index (χ3v) is 14.9. The van der Waals surface area contributed by atoms with Crippen molar-refractivity contribution in [2.24, 2.45) is 28.8 Å². The number of hydrogen-bond donors (Lipinski definition) is 2. The summed E-state index contributed by atoms with van der Waals surface area (Å²) in [6, 6.07) is 21.8. The number of allylic oxidation sites excluding steroid dienone is 1. The van der Waals surface area contributed by atoms with Crippen LogP contribution in [-0.2, 0) is 20.9 Å². The molecule has 0 unspecified atom stereocenters. The summed E-state index contributed by atoms with van der Waals surface area (Å²) >= 11 is 1.76. The Morgan fingerprint density at radius 3 is 2.52 bits per heavy atom. The van der Waals surface area contributed by atoms with Crippen LogP contribution in [-0.4, -0.2) is 84.6 Å². The van der Waals surface area contributed by atoms with Gasteiger partial charge in [0.25, 0.3) is 0 Å². The van der Waals surface area contributed by atoms with Crippen LogP contribution in [0.1, 0.15) is 101 Å². The molecular weight excluding hydrogens is 829 g/mol. The van der Waals surface area contributed by atoms with Gasteiger partial charge in [0.1, 0.15) is 24.7 Å². The quantitative estimate of drug-likeness (QED) is 0.0411. The number of oxime groups is 1. The van der Waals surface area contributed by atoms with Gasteiger partial charge >= 0.3 is 0 Å². The number of ether oxygens (including phenoxy) is 5. The van der Waals surface area contributed by atoms with Crippen LogP contribution in [0, 0.1) is 23.7 Å². The van der Waals surface area contributed by atoms with Gasteiger partial charge < -0.3 is 43.6 Å². The molecule has 3 aliphatic carbocycles. The van der Waals surface area contributed by atoms with Crippen molar-refractivity contribution in [3.05, 3.63) is 102 Å². The number of nitrogens with zero attached hydrogens (tertiary/aromatic N) is 2. The van der Waals surface area contributed by atoms with Gasteiger partial charge in [0.15, 0.2) is 11.5 Å². The molecule has 0 radical (unpaired) electrons. The lowest BCUT2D eigenvalue weighted by Crippen LogP contribution is -2.70. The van der Waals surface area contributed by atoms with E-state index >= 15 is 4.79 Å². The second-order valence-corrected chi connectivity index (χ2v) is 19.0. The minimum atomic E-state index is -1.34. The predicted octanol–water partition coefficient (Wildman–Crippen LogP) is 9.85. The molecule has 0 saturated heterocycles. The van der Waals surface area contributed by atoms with Crippen molar-refractivity contribution in [2.45, 2.75) is 113 Å². The van der Waals surface area contributed by atoms with Crippen LogP contribution in [0.25, 0.3) is 0 Å². The molecule has 64 heavy (non-hydrogen) atoms. The highest BCUT2D eigenvalue weighted by Crippen LogP contribution is 2.62. The molecule has 3 aromatic rings. The number of carbonyl (C=O) groups excluding carboxylic acids is 1. The number of hydrogen-bond acceptors (Lipinski definition) is 11. The van der Waals surface area contributed by atoms with Crippen LogP contribution in [0.2, 0.25) is 0 Å². The molecule has 3 aromatic carbocycles. The van der Waals surface area contributed by atoms with Crippen molar-refractivity contribution in [2.75, 3.05) is 46.1 Å². The van der Waals surface area contributed by atoms with Crippen LogP contribution >= 0.6 is 11.8 Å². The Balaban J connectivity index is 1.25. The van der Waals surface area contributed by atoms with Gasteiger partial charge in [0.05, 0.1) is 24.8 Å². The molecule has 2 heterocycles. The third-order valence-electron chi connectivity index (χ3n) is 13.9. The van der Waals surface area contributed by atoms with Crippen molar-refractivity contribution in [1.29, 1.82) is 0 Å². The molecule has 344 valence electrons. The van der Waals surface area contributed by atoms with Gasteiger partial charge in [-0.1, -0.05) is 80.1 Å². The third kappa shape index (κ3) is 10.3. The van der Waals surface area contributed by atoms with E-state index in [4.69, 9.17) is 33.7 Å². The van der Waals surface area contributed by atoms with E-state index in [0.29, 0.717) is 62.0 Å². The number of carbonyl (C=O) groups is 1. The molecule has 0 bridgehead atoms. The summed E-state index contributed by atoms with van der Waals surface area (Å²) in [6.45, 7) is 5.53. The van der Waals surface area contributed by atoms with Crippen molar-refractivity contribution in [3.8, 4) is 23.0 Å². The first kappa shape index (κ1) is 46.1. The molecule has 2 fully saturated rings. The van der Waals surface area contributed by atoms with E-state index < -0.39 is 17.7 Å². The molecule has 8 rings (SSSR count). The highest BCUT2D eigenvalue weighted by Gasteiger charge is 2.65. The van der Waals surface area contributed by atoms with Gasteiger partial charge in [0.2, 0.25) is 18.5 Å². The number of unbranched alkanes of at least 4 members (excludes halogenated alkanes) is 2. The second kappa shape index (κ2) is 22.1. The number of rotatable bonds is 23. The van der Waals surface area contributed by atoms with Gasteiger partial charge in [-0.15, -0.1) is 18.3 Å². The summed E-state index contributed by atoms with van der Waals surface area (Å²) in [6.07, 6.45) is 15.3. The van der Waals surface area contributed by atoms with Crippen molar-refractivity contribution in [3.63, 3.8) is 0 Å². The van der Waals surface area contributed by atoms with Crippen LogP contribution in [0.15, 0.2) is 101 Å². The standard InChI is InChI=1S/C52H66N2O9S/c1-3-27-62-52-48(54(49(57)24-20-36-13-7-8-14-36)34-37-19-22-46-47(30-37)61-35-60-46)33-44(53-58-2)42-31-38(15-9-11-25-55)41(18-10-12-26-56)50(51(42)52)43-32-39(21-23-45(43)63-52)59-28-29-64-40-16-5-4-6-17-40/h3-6,16-17,19,21-23,30-32,36,38,41,48,50-51,55-56H,1,7-15,18,20,24-29,33-35H2,2H3/t38-,41+,48-,50+,51+,52+/m0/s1. The van der Waals surface area contributed by atoms with Gasteiger partial charge in [-0.3, -0.25) is 4.79 Å². The van der Waals surface area contributed by atoms with Crippen LogP contribution in [0.5, 0.6) is 23.0 Å². The average molecular weight is 895 g/mol. The maximum atomic E-state index is 15.2. The zero-order chi connectivity index (χ0) is 44.3. The van der Waals surface area contributed by atoms with Crippen LogP contribution in [0.4, 0.5) is 0 Å². The zero-order valence-corrected chi connectivity index (χ0v) is 38.2. The van der Waals surface area contributed by atoms with E-state index in [1.807, 2.05) is 53.4 Å². The topological polar surface area (TPSA) is 129 Å². The second-order valence-electron chi connectivity index (χ2n) is 17.9. The summed E-state index contributed by atoms with van der Waals surface area (Å²) < 4.78 is 32.7. The smallest absolute Gasteiger partial charge is 0.239 e. The monoisotopic (exact) mass is 894 g/mol. The lowest BCUT2D eigenvalue weighted by atomic mass is 9.55. The van der Waals surface area contributed by atoms with Crippen molar-refractivity contribution in [1.82, 2.24) is 4.90 Å². The number of aliphatic hydroxyl groups excluding tert-OH is 2. The van der Waals surface area contributed by atoms with E-state index in [1.165, 1.54) is 17.7 Å². The summed E-state index contributed by atoms with van der Waals surface area (Å²) in [5.74, 6) is 2.55. The first-order chi connectivity index (χ1) is 31.5. The average Bonchev–Trinajstić information content (AvgIpc) is 4.03. The van der Waals surface area contributed by atoms with E-state index in [9.17, 15) is 10.2 Å². The molecule has 5 aliphatic rings. The zero-order valence-electron chi connectivity index (χ0n) is 37.4. The fraction of sp³-hybridized carbons (Fsp3) is 0.538. The van der Waals surface area contributed by atoms with E-state index in [0.717, 1.165) is 78.9 Å². The Kier molecular flexibility index (Phi) is 15.9. The molecule has 2 aliphatic heterocycles. The molecule has 0 spiro atoms. The molecular formula is C52H66N2O9S. The molecule has 0 aromatic heterocycles. The molecule has 1 amide bonds. The summed E-state index contributed by atoms with van der Waals surface area (Å²) in [5.41, 5.74) is 3.74. The molecule has 2 saturated carbocycles. The summed E-state index contributed by atoms with van der Waals surface area (Å²) in [5, 5.41) is 24.7. The first-order valence-electron chi connectivity index (χ1n) is 23.6. The van der Waals surface area contributed by atoms with E-state index in [-0.39, 0.29) is 50.3 Å². The number of benzene rings is 3.